The third kappa shape index (κ3) is 4.63. The van der Waals surface area contributed by atoms with Gasteiger partial charge < -0.3 is 15.0 Å². The second-order valence-corrected chi connectivity index (χ2v) is 8.66. The number of carbonyl (C=O) groups excluding carboxylic acids is 2. The predicted octanol–water partition coefficient (Wildman–Crippen LogP) is 2.62. The van der Waals surface area contributed by atoms with E-state index < -0.39 is 0 Å². The molecule has 1 N–H and O–H groups in total. The fourth-order valence-electron chi connectivity index (χ4n) is 4.12. The first-order valence-electron chi connectivity index (χ1n) is 11.2. The summed E-state index contributed by atoms with van der Waals surface area (Å²) in [5.41, 5.74) is 3.39. The van der Waals surface area contributed by atoms with E-state index in [-0.39, 0.29) is 29.9 Å². The maximum Gasteiger partial charge on any atom is 0.276 e. The highest BCUT2D eigenvalue weighted by Gasteiger charge is 2.33. The molecule has 31 heavy (non-hydrogen) atoms. The van der Waals surface area contributed by atoms with Crippen molar-refractivity contribution in [2.45, 2.75) is 65.3 Å². The molecule has 0 aliphatic carbocycles. The number of piperidine rings is 1. The van der Waals surface area contributed by atoms with Crippen molar-refractivity contribution in [2.24, 2.45) is 5.92 Å². The topological polar surface area (TPSA) is 89.4 Å². The summed E-state index contributed by atoms with van der Waals surface area (Å²) in [4.78, 5) is 27.2. The van der Waals surface area contributed by atoms with Crippen molar-refractivity contribution in [1.29, 1.82) is 0 Å². The molecule has 0 bridgehead atoms. The number of nitrogens with zero attached hydrogens (tertiary/aromatic N) is 4. The summed E-state index contributed by atoms with van der Waals surface area (Å²) < 4.78 is 7.82. The van der Waals surface area contributed by atoms with E-state index in [0.29, 0.717) is 44.8 Å². The fourth-order valence-corrected chi connectivity index (χ4v) is 4.12. The Morgan fingerprint density at radius 1 is 1.23 bits per heavy atom. The van der Waals surface area contributed by atoms with Crippen LogP contribution in [0.5, 0.6) is 0 Å². The van der Waals surface area contributed by atoms with E-state index in [2.05, 4.69) is 53.7 Å². The van der Waals surface area contributed by atoms with Crippen molar-refractivity contribution < 1.29 is 14.3 Å². The number of rotatable bonds is 5. The number of likely N-dealkylation sites (tertiary alicyclic amines) is 1. The van der Waals surface area contributed by atoms with E-state index in [1.807, 2.05) is 6.92 Å². The van der Waals surface area contributed by atoms with Gasteiger partial charge in [0, 0.05) is 25.0 Å². The van der Waals surface area contributed by atoms with Crippen molar-refractivity contribution >= 4 is 11.8 Å². The number of aryl methyl sites for hydroxylation is 1. The van der Waals surface area contributed by atoms with Crippen LogP contribution >= 0.6 is 0 Å². The molecular weight excluding hydrogens is 394 g/mol. The number of fused-ring (bicyclic) bond motifs is 1. The molecule has 1 fully saturated rings. The van der Waals surface area contributed by atoms with Crippen LogP contribution in [0.3, 0.4) is 0 Å². The zero-order valence-electron chi connectivity index (χ0n) is 18.5. The number of carbonyl (C=O) groups is 2. The summed E-state index contributed by atoms with van der Waals surface area (Å²) in [6.45, 7) is 8.07. The van der Waals surface area contributed by atoms with Crippen LogP contribution in [0.25, 0.3) is 0 Å². The van der Waals surface area contributed by atoms with Crippen molar-refractivity contribution in [1.82, 2.24) is 25.2 Å². The standard InChI is InChI=1S/C23H31N5O3/c1-4-16(3)24-22(29)18-9-11-27(12-10-18)23(30)21-19-14-31-20(13-28(19)26-25-21)17-7-5-15(2)6-8-17/h5-8,16,18,20H,4,9-14H2,1-3H3,(H,24,29)/t16-,20-/m0/s1. The Balaban J connectivity index is 1.37. The lowest BCUT2D eigenvalue weighted by molar-refractivity contribution is -0.126. The van der Waals surface area contributed by atoms with Crippen LogP contribution in [0.1, 0.15) is 66.5 Å². The van der Waals surface area contributed by atoms with E-state index in [0.717, 1.165) is 17.7 Å². The van der Waals surface area contributed by atoms with Crippen molar-refractivity contribution in [3.05, 3.63) is 46.8 Å². The summed E-state index contributed by atoms with van der Waals surface area (Å²) in [5, 5.41) is 11.5. The third-order valence-corrected chi connectivity index (χ3v) is 6.40. The van der Waals surface area contributed by atoms with Gasteiger partial charge in [-0.25, -0.2) is 4.68 Å². The highest BCUT2D eigenvalue weighted by atomic mass is 16.5. The third-order valence-electron chi connectivity index (χ3n) is 6.40. The average molecular weight is 426 g/mol. The van der Waals surface area contributed by atoms with Gasteiger partial charge in [-0.05, 0) is 38.7 Å². The summed E-state index contributed by atoms with van der Waals surface area (Å²) in [6.07, 6.45) is 2.15. The molecule has 1 aromatic heterocycles. The summed E-state index contributed by atoms with van der Waals surface area (Å²) in [6, 6.07) is 8.44. The molecule has 2 aliphatic rings. The number of aromatic nitrogens is 3. The zero-order chi connectivity index (χ0) is 22.0. The van der Waals surface area contributed by atoms with E-state index in [1.165, 1.54) is 5.56 Å². The normalized spacial score (nSPS) is 20.2. The molecule has 4 rings (SSSR count). The van der Waals surface area contributed by atoms with E-state index >= 15 is 0 Å². The highest BCUT2D eigenvalue weighted by molar-refractivity contribution is 5.93. The van der Waals surface area contributed by atoms with E-state index in [9.17, 15) is 9.59 Å². The first-order valence-corrected chi connectivity index (χ1v) is 11.2. The lowest BCUT2D eigenvalue weighted by atomic mass is 9.95. The molecule has 2 atom stereocenters. The number of ether oxygens (including phenoxy) is 1. The van der Waals surface area contributed by atoms with E-state index in [4.69, 9.17) is 4.74 Å². The van der Waals surface area contributed by atoms with Crippen LogP contribution in [0, 0.1) is 12.8 Å². The van der Waals surface area contributed by atoms with E-state index in [1.54, 1.807) is 9.58 Å². The molecule has 2 amide bonds. The molecule has 3 heterocycles. The van der Waals surface area contributed by atoms with Crippen LogP contribution in [-0.2, 0) is 22.7 Å². The van der Waals surface area contributed by atoms with Gasteiger partial charge in [-0.1, -0.05) is 42.0 Å². The number of nitrogens with one attached hydrogen (secondary N) is 1. The van der Waals surface area contributed by atoms with Gasteiger partial charge in [0.05, 0.1) is 18.8 Å². The Hall–Kier alpha value is -2.74. The van der Waals surface area contributed by atoms with Gasteiger partial charge in [-0.3, -0.25) is 9.59 Å². The second kappa shape index (κ2) is 9.18. The van der Waals surface area contributed by atoms with Gasteiger partial charge >= 0.3 is 0 Å². The van der Waals surface area contributed by atoms with Crippen LogP contribution in [-0.4, -0.2) is 50.8 Å². The minimum atomic E-state index is -0.126. The van der Waals surface area contributed by atoms with Crippen molar-refractivity contribution in [3.63, 3.8) is 0 Å². The molecule has 1 saturated heterocycles. The smallest absolute Gasteiger partial charge is 0.276 e. The van der Waals surface area contributed by atoms with Gasteiger partial charge in [-0.15, -0.1) is 5.10 Å². The lowest BCUT2D eigenvalue weighted by Gasteiger charge is -2.32. The molecule has 0 saturated carbocycles. The SMILES string of the molecule is CC[C@H](C)NC(=O)C1CCN(C(=O)c2nnn3c2CO[C@H](c2ccc(C)cc2)C3)CC1. The van der Waals surface area contributed by atoms with Gasteiger partial charge in [0.15, 0.2) is 5.69 Å². The van der Waals surface area contributed by atoms with Crippen molar-refractivity contribution in [3.8, 4) is 0 Å². The predicted molar refractivity (Wildman–Crippen MR) is 115 cm³/mol. The van der Waals surface area contributed by atoms with Crippen LogP contribution in [0.15, 0.2) is 24.3 Å². The highest BCUT2D eigenvalue weighted by Crippen LogP contribution is 2.28. The van der Waals surface area contributed by atoms with Crippen LogP contribution in [0.2, 0.25) is 0 Å². The Kier molecular flexibility index (Phi) is 6.36. The minimum Gasteiger partial charge on any atom is -0.365 e. The zero-order valence-corrected chi connectivity index (χ0v) is 18.5. The summed E-state index contributed by atoms with van der Waals surface area (Å²) in [7, 11) is 0. The lowest BCUT2D eigenvalue weighted by Crippen LogP contribution is -2.45. The monoisotopic (exact) mass is 425 g/mol. The molecule has 8 nitrogen and oxygen atoms in total. The number of benzene rings is 1. The maximum atomic E-state index is 13.1. The Morgan fingerprint density at radius 2 is 1.94 bits per heavy atom. The number of hydrogen-bond donors (Lipinski definition) is 1. The quantitative estimate of drug-likeness (QED) is 0.795. The van der Waals surface area contributed by atoms with Gasteiger partial charge in [0.2, 0.25) is 5.91 Å². The molecule has 8 heteroatoms. The molecule has 1 aromatic carbocycles. The summed E-state index contributed by atoms with van der Waals surface area (Å²) >= 11 is 0. The molecule has 2 aliphatic heterocycles. The van der Waals surface area contributed by atoms with Gasteiger partial charge in [-0.2, -0.15) is 0 Å². The number of hydrogen-bond acceptors (Lipinski definition) is 5. The van der Waals surface area contributed by atoms with Gasteiger partial charge in [0.25, 0.3) is 5.91 Å². The minimum absolute atomic E-state index is 0.0364. The number of amides is 2. The van der Waals surface area contributed by atoms with Gasteiger partial charge in [0.1, 0.15) is 6.10 Å². The van der Waals surface area contributed by atoms with Crippen LogP contribution in [0.4, 0.5) is 0 Å². The first-order chi connectivity index (χ1) is 15.0. The Morgan fingerprint density at radius 3 is 2.61 bits per heavy atom. The van der Waals surface area contributed by atoms with Crippen LogP contribution < -0.4 is 5.32 Å². The largest absolute Gasteiger partial charge is 0.365 e. The van der Waals surface area contributed by atoms with Crippen molar-refractivity contribution in [2.75, 3.05) is 13.1 Å². The Labute approximate surface area is 182 Å². The molecule has 0 spiro atoms. The summed E-state index contributed by atoms with van der Waals surface area (Å²) in [5.74, 6) is -0.0665. The molecule has 0 unspecified atom stereocenters. The second-order valence-electron chi connectivity index (χ2n) is 8.66. The Bertz CT molecular complexity index is 931. The first kappa shape index (κ1) is 21.5. The molecule has 0 radical (unpaired) electrons. The molecule has 166 valence electrons. The fraction of sp³-hybridized carbons (Fsp3) is 0.565. The molecular formula is C23H31N5O3. The maximum absolute atomic E-state index is 13.1. The molecule has 2 aromatic rings. The average Bonchev–Trinajstić information content (AvgIpc) is 3.22.